The molecule has 0 fully saturated rings. The molecule has 0 aliphatic heterocycles. The van der Waals surface area contributed by atoms with Gasteiger partial charge in [0, 0.05) is 12.3 Å². The first-order valence-electron chi connectivity index (χ1n) is 6.29. The number of benzene rings is 1. The molecule has 1 amide bonds. The lowest BCUT2D eigenvalue weighted by atomic mass is 10.1. The summed E-state index contributed by atoms with van der Waals surface area (Å²) in [5.41, 5.74) is 8.49. The Balaban J connectivity index is 2.15. The van der Waals surface area contributed by atoms with E-state index in [0.29, 0.717) is 11.4 Å². The smallest absolute Gasteiger partial charge is 0.251 e. The van der Waals surface area contributed by atoms with Crippen molar-refractivity contribution < 1.29 is 4.79 Å². The van der Waals surface area contributed by atoms with Crippen LogP contribution >= 0.6 is 0 Å². The monoisotopic (exact) mass is 271 g/mol. The minimum absolute atomic E-state index is 0.0348. The highest BCUT2D eigenvalue weighted by Crippen LogP contribution is 2.22. The van der Waals surface area contributed by atoms with Crippen molar-refractivity contribution in [3.05, 3.63) is 58.0 Å². The highest BCUT2D eigenvalue weighted by molar-refractivity contribution is 5.94. The molecule has 0 unspecified atom stereocenters. The standard InChI is InChI=1S/C15H17N3O2/c1-10-6-7-18(14(20)8-10)9-13(19)17-15-11(2)4-3-5-12(15)16/h3-8H,9,16H2,1-2H3,(H,17,19). The minimum Gasteiger partial charge on any atom is -0.397 e. The van der Waals surface area contributed by atoms with Crippen LogP contribution in [0.5, 0.6) is 0 Å². The van der Waals surface area contributed by atoms with E-state index in [-0.39, 0.29) is 18.0 Å². The summed E-state index contributed by atoms with van der Waals surface area (Å²) in [7, 11) is 0. The molecule has 1 heterocycles. The fourth-order valence-electron chi connectivity index (χ4n) is 1.93. The molecule has 0 aliphatic carbocycles. The van der Waals surface area contributed by atoms with Crippen LogP contribution in [0.2, 0.25) is 0 Å². The second-order valence-corrected chi connectivity index (χ2v) is 4.76. The number of aromatic nitrogens is 1. The molecule has 1 aromatic heterocycles. The van der Waals surface area contributed by atoms with Gasteiger partial charge in [-0.15, -0.1) is 0 Å². The maximum atomic E-state index is 12.0. The van der Waals surface area contributed by atoms with Crippen LogP contribution in [0.15, 0.2) is 41.3 Å². The van der Waals surface area contributed by atoms with Crippen LogP contribution in [-0.2, 0) is 11.3 Å². The largest absolute Gasteiger partial charge is 0.397 e. The molecule has 104 valence electrons. The van der Waals surface area contributed by atoms with Crippen molar-refractivity contribution in [2.75, 3.05) is 11.1 Å². The van der Waals surface area contributed by atoms with Crippen molar-refractivity contribution in [3.8, 4) is 0 Å². The Hall–Kier alpha value is -2.56. The van der Waals surface area contributed by atoms with Gasteiger partial charge in [0.25, 0.3) is 5.56 Å². The number of hydrogen-bond acceptors (Lipinski definition) is 3. The normalized spacial score (nSPS) is 10.3. The van der Waals surface area contributed by atoms with E-state index in [1.807, 2.05) is 26.0 Å². The third-order valence-corrected chi connectivity index (χ3v) is 3.03. The van der Waals surface area contributed by atoms with Crippen molar-refractivity contribution in [3.63, 3.8) is 0 Å². The number of hydrogen-bond donors (Lipinski definition) is 2. The third-order valence-electron chi connectivity index (χ3n) is 3.03. The summed E-state index contributed by atoms with van der Waals surface area (Å²) in [4.78, 5) is 23.7. The first kappa shape index (κ1) is 13.9. The van der Waals surface area contributed by atoms with E-state index in [9.17, 15) is 9.59 Å². The van der Waals surface area contributed by atoms with Crippen LogP contribution in [0.4, 0.5) is 11.4 Å². The number of nitrogen functional groups attached to an aromatic ring is 1. The molecule has 20 heavy (non-hydrogen) atoms. The maximum absolute atomic E-state index is 12.0. The quantitative estimate of drug-likeness (QED) is 0.834. The summed E-state index contributed by atoms with van der Waals surface area (Å²) in [6.07, 6.45) is 1.61. The van der Waals surface area contributed by atoms with Gasteiger partial charge < -0.3 is 15.6 Å². The number of nitrogens with two attached hydrogens (primary N) is 1. The third kappa shape index (κ3) is 3.06. The number of para-hydroxylation sites is 1. The molecular weight excluding hydrogens is 254 g/mol. The number of nitrogens with one attached hydrogen (secondary N) is 1. The highest BCUT2D eigenvalue weighted by Gasteiger charge is 2.09. The zero-order valence-electron chi connectivity index (χ0n) is 11.5. The van der Waals surface area contributed by atoms with Gasteiger partial charge in [0.15, 0.2) is 0 Å². The summed E-state index contributed by atoms with van der Waals surface area (Å²) in [6.45, 7) is 3.66. The number of rotatable bonds is 3. The Morgan fingerprint density at radius 1 is 1.30 bits per heavy atom. The lowest BCUT2D eigenvalue weighted by Crippen LogP contribution is -2.27. The van der Waals surface area contributed by atoms with Crippen LogP contribution in [0.25, 0.3) is 0 Å². The molecule has 0 aliphatic rings. The summed E-state index contributed by atoms with van der Waals surface area (Å²) < 4.78 is 1.36. The van der Waals surface area contributed by atoms with Gasteiger partial charge >= 0.3 is 0 Å². The topological polar surface area (TPSA) is 77.1 Å². The summed E-state index contributed by atoms with van der Waals surface area (Å²) >= 11 is 0. The molecule has 0 atom stereocenters. The average Bonchev–Trinajstić information content (AvgIpc) is 2.37. The first-order valence-corrected chi connectivity index (χ1v) is 6.29. The fraction of sp³-hybridized carbons (Fsp3) is 0.200. The first-order chi connectivity index (χ1) is 9.47. The van der Waals surface area contributed by atoms with Crippen LogP contribution in [-0.4, -0.2) is 10.5 Å². The van der Waals surface area contributed by atoms with E-state index in [0.717, 1.165) is 11.1 Å². The predicted molar refractivity (Wildman–Crippen MR) is 79.7 cm³/mol. The number of carbonyl (C=O) groups excluding carboxylic acids is 1. The molecule has 5 nitrogen and oxygen atoms in total. The number of pyridine rings is 1. The zero-order valence-corrected chi connectivity index (χ0v) is 11.5. The molecule has 0 bridgehead atoms. The molecule has 3 N–H and O–H groups in total. The second-order valence-electron chi connectivity index (χ2n) is 4.76. The van der Waals surface area contributed by atoms with Crippen LogP contribution in [0, 0.1) is 13.8 Å². The average molecular weight is 271 g/mol. The van der Waals surface area contributed by atoms with E-state index in [1.54, 1.807) is 18.3 Å². The Labute approximate surface area is 117 Å². The van der Waals surface area contributed by atoms with Crippen molar-refractivity contribution >= 4 is 17.3 Å². The highest BCUT2D eigenvalue weighted by atomic mass is 16.2. The number of anilines is 2. The molecule has 0 spiro atoms. The molecule has 5 heteroatoms. The van der Waals surface area contributed by atoms with Gasteiger partial charge in [-0.3, -0.25) is 9.59 Å². The Morgan fingerprint density at radius 2 is 2.05 bits per heavy atom. The molecular formula is C15H17N3O2. The number of carbonyl (C=O) groups is 1. The lowest BCUT2D eigenvalue weighted by Gasteiger charge is -2.12. The molecule has 2 rings (SSSR count). The van der Waals surface area contributed by atoms with Gasteiger partial charge in [-0.1, -0.05) is 12.1 Å². The molecule has 0 radical (unpaired) electrons. The van der Waals surface area contributed by atoms with Gasteiger partial charge in [0.05, 0.1) is 11.4 Å². The molecule has 0 saturated carbocycles. The lowest BCUT2D eigenvalue weighted by molar-refractivity contribution is -0.116. The Kier molecular flexibility index (Phi) is 3.89. The number of aryl methyl sites for hydroxylation is 2. The number of nitrogens with zero attached hydrogens (tertiary/aromatic N) is 1. The van der Waals surface area contributed by atoms with Gasteiger partial charge in [-0.25, -0.2) is 0 Å². The summed E-state index contributed by atoms with van der Waals surface area (Å²) in [6, 6.07) is 8.70. The van der Waals surface area contributed by atoms with Crippen LogP contribution in [0.3, 0.4) is 0 Å². The van der Waals surface area contributed by atoms with Crippen LogP contribution in [0.1, 0.15) is 11.1 Å². The Morgan fingerprint density at radius 3 is 2.70 bits per heavy atom. The van der Waals surface area contributed by atoms with Crippen molar-refractivity contribution in [2.45, 2.75) is 20.4 Å². The van der Waals surface area contributed by atoms with Gasteiger partial charge in [-0.05, 0) is 37.1 Å². The fourth-order valence-corrected chi connectivity index (χ4v) is 1.93. The van der Waals surface area contributed by atoms with Crippen LogP contribution < -0.4 is 16.6 Å². The number of amides is 1. The van der Waals surface area contributed by atoms with Gasteiger partial charge in [0.1, 0.15) is 6.54 Å². The summed E-state index contributed by atoms with van der Waals surface area (Å²) in [5, 5.41) is 2.75. The van der Waals surface area contributed by atoms with Crippen molar-refractivity contribution in [1.82, 2.24) is 4.57 Å². The van der Waals surface area contributed by atoms with E-state index in [4.69, 9.17) is 5.73 Å². The summed E-state index contributed by atoms with van der Waals surface area (Å²) in [5.74, 6) is -0.281. The van der Waals surface area contributed by atoms with Crippen molar-refractivity contribution in [2.24, 2.45) is 0 Å². The molecule has 0 saturated heterocycles. The molecule has 1 aromatic carbocycles. The van der Waals surface area contributed by atoms with E-state index in [1.165, 1.54) is 10.6 Å². The van der Waals surface area contributed by atoms with Crippen molar-refractivity contribution in [1.29, 1.82) is 0 Å². The second kappa shape index (κ2) is 5.61. The van der Waals surface area contributed by atoms with Gasteiger partial charge in [0.2, 0.25) is 5.91 Å². The van der Waals surface area contributed by atoms with Gasteiger partial charge in [-0.2, -0.15) is 0 Å². The zero-order chi connectivity index (χ0) is 14.7. The van der Waals surface area contributed by atoms with E-state index >= 15 is 0 Å². The van der Waals surface area contributed by atoms with E-state index in [2.05, 4.69) is 5.32 Å². The Bertz CT molecular complexity index is 684. The maximum Gasteiger partial charge on any atom is 0.251 e. The van der Waals surface area contributed by atoms with E-state index < -0.39 is 0 Å². The predicted octanol–water partition coefficient (Wildman–Crippen LogP) is 1.69. The minimum atomic E-state index is -0.281. The SMILES string of the molecule is Cc1ccn(CC(=O)Nc2c(C)cccc2N)c(=O)c1. The molecule has 2 aromatic rings.